The minimum Gasteiger partial charge on any atom is -0.295 e. The van der Waals surface area contributed by atoms with Crippen LogP contribution in [-0.2, 0) is 6.54 Å². The molecule has 0 unspecified atom stereocenters. The van der Waals surface area contributed by atoms with Crippen LogP contribution in [0.25, 0.3) is 0 Å². The van der Waals surface area contributed by atoms with Gasteiger partial charge in [-0.05, 0) is 39.4 Å². The molecule has 1 rings (SSSR count). The Kier molecular flexibility index (Phi) is 4.12. The van der Waals surface area contributed by atoms with Gasteiger partial charge in [0.05, 0.1) is 5.69 Å². The zero-order valence-corrected chi connectivity index (χ0v) is 10.7. The molecule has 2 nitrogen and oxygen atoms in total. The summed E-state index contributed by atoms with van der Waals surface area (Å²) in [5.74, 6) is 0. The van der Waals surface area contributed by atoms with Gasteiger partial charge in [-0.3, -0.25) is 4.90 Å². The topological polar surface area (TPSA) is 16.1 Å². The number of hydrogen-bond donors (Lipinski definition) is 0. The summed E-state index contributed by atoms with van der Waals surface area (Å²) in [6.45, 7) is 7.50. The van der Waals surface area contributed by atoms with Gasteiger partial charge in [-0.2, -0.15) is 0 Å². The van der Waals surface area contributed by atoms with Gasteiger partial charge < -0.3 is 0 Å². The summed E-state index contributed by atoms with van der Waals surface area (Å²) in [6.07, 6.45) is 1.12. The van der Waals surface area contributed by atoms with E-state index in [0.717, 1.165) is 18.7 Å². The second-order valence-corrected chi connectivity index (χ2v) is 4.86. The highest BCUT2D eigenvalue weighted by Crippen LogP contribution is 2.18. The van der Waals surface area contributed by atoms with Gasteiger partial charge in [-0.15, -0.1) is 0 Å². The van der Waals surface area contributed by atoms with Crippen molar-refractivity contribution in [2.24, 2.45) is 0 Å². The zero-order valence-electron chi connectivity index (χ0n) is 9.92. The lowest BCUT2D eigenvalue weighted by Crippen LogP contribution is -2.39. The molecule has 0 aliphatic rings. The van der Waals surface area contributed by atoms with Crippen LogP contribution in [0.5, 0.6) is 0 Å². The van der Waals surface area contributed by atoms with Crippen molar-refractivity contribution in [2.45, 2.75) is 39.3 Å². The van der Waals surface area contributed by atoms with Crippen molar-refractivity contribution in [2.75, 3.05) is 7.05 Å². The second-order valence-electron chi connectivity index (χ2n) is 4.47. The molecule has 0 fully saturated rings. The minimum absolute atomic E-state index is 0.198. The van der Waals surface area contributed by atoms with Crippen LogP contribution in [0, 0.1) is 0 Å². The molecule has 0 saturated heterocycles. The Morgan fingerprint density at radius 2 is 2.07 bits per heavy atom. The van der Waals surface area contributed by atoms with Gasteiger partial charge in [0.15, 0.2) is 0 Å². The normalized spacial score (nSPS) is 12.1. The molecule has 1 aromatic rings. The fraction of sp³-hybridized carbons (Fsp3) is 0.583. The summed E-state index contributed by atoms with van der Waals surface area (Å²) in [5, 5.41) is 0.565. The molecule has 3 heteroatoms. The molecule has 0 aromatic carbocycles. The maximum absolute atomic E-state index is 5.85. The van der Waals surface area contributed by atoms with Crippen molar-refractivity contribution >= 4 is 11.6 Å². The molecule has 0 spiro atoms. The average molecular weight is 227 g/mol. The minimum atomic E-state index is 0.198. The summed E-state index contributed by atoms with van der Waals surface area (Å²) in [4.78, 5) is 6.58. The Morgan fingerprint density at radius 1 is 1.40 bits per heavy atom. The molecule has 0 saturated carbocycles. The van der Waals surface area contributed by atoms with Crippen LogP contribution >= 0.6 is 11.6 Å². The predicted molar refractivity (Wildman–Crippen MR) is 65.1 cm³/mol. The van der Waals surface area contributed by atoms with Crippen LogP contribution in [0.15, 0.2) is 18.2 Å². The first-order chi connectivity index (χ1) is 6.95. The van der Waals surface area contributed by atoms with E-state index in [1.54, 1.807) is 6.07 Å². The summed E-state index contributed by atoms with van der Waals surface area (Å²) in [7, 11) is 2.12. The van der Waals surface area contributed by atoms with E-state index in [9.17, 15) is 0 Å². The van der Waals surface area contributed by atoms with Crippen LogP contribution in [0.2, 0.25) is 5.15 Å². The predicted octanol–water partition coefficient (Wildman–Crippen LogP) is 3.36. The summed E-state index contributed by atoms with van der Waals surface area (Å²) < 4.78 is 0. The molecular formula is C12H19ClN2. The van der Waals surface area contributed by atoms with Crippen LogP contribution in [0.3, 0.4) is 0 Å². The molecule has 0 bridgehead atoms. The Hall–Kier alpha value is -0.600. The van der Waals surface area contributed by atoms with Crippen molar-refractivity contribution in [3.63, 3.8) is 0 Å². The Balaban J connectivity index is 2.70. The van der Waals surface area contributed by atoms with Gasteiger partial charge in [-0.25, -0.2) is 4.98 Å². The van der Waals surface area contributed by atoms with Crippen LogP contribution in [-0.4, -0.2) is 22.5 Å². The third-order valence-corrected chi connectivity index (χ3v) is 3.28. The first-order valence-electron chi connectivity index (χ1n) is 5.28. The molecule has 0 radical (unpaired) electrons. The fourth-order valence-corrected chi connectivity index (χ4v) is 1.45. The molecule has 0 aliphatic carbocycles. The number of halogens is 1. The van der Waals surface area contributed by atoms with Crippen LogP contribution in [0.1, 0.15) is 32.9 Å². The molecule has 1 aromatic heterocycles. The molecule has 0 aliphatic heterocycles. The standard InChI is InChI=1S/C12H19ClN2/c1-5-12(2,3)15(4)9-10-7-6-8-11(13)14-10/h6-8H,5,9H2,1-4H3. The number of nitrogens with zero attached hydrogens (tertiary/aromatic N) is 2. The number of pyridine rings is 1. The van der Waals surface area contributed by atoms with E-state index < -0.39 is 0 Å². The number of rotatable bonds is 4. The third-order valence-electron chi connectivity index (χ3n) is 3.07. The van der Waals surface area contributed by atoms with Crippen molar-refractivity contribution in [3.8, 4) is 0 Å². The van der Waals surface area contributed by atoms with E-state index in [4.69, 9.17) is 11.6 Å². The van der Waals surface area contributed by atoms with Gasteiger partial charge in [-0.1, -0.05) is 24.6 Å². The summed E-state index contributed by atoms with van der Waals surface area (Å²) in [6, 6.07) is 5.75. The van der Waals surface area contributed by atoms with Gasteiger partial charge in [0.1, 0.15) is 5.15 Å². The Morgan fingerprint density at radius 3 is 2.60 bits per heavy atom. The van der Waals surface area contributed by atoms with Crippen LogP contribution in [0.4, 0.5) is 0 Å². The van der Waals surface area contributed by atoms with Gasteiger partial charge in [0, 0.05) is 12.1 Å². The van der Waals surface area contributed by atoms with E-state index in [2.05, 4.69) is 37.7 Å². The van der Waals surface area contributed by atoms with Crippen LogP contribution < -0.4 is 0 Å². The monoisotopic (exact) mass is 226 g/mol. The maximum Gasteiger partial charge on any atom is 0.129 e. The van der Waals surface area contributed by atoms with E-state index in [1.165, 1.54) is 0 Å². The van der Waals surface area contributed by atoms with E-state index in [1.807, 2.05) is 12.1 Å². The molecule has 15 heavy (non-hydrogen) atoms. The SMILES string of the molecule is CCC(C)(C)N(C)Cc1cccc(Cl)n1. The van der Waals surface area contributed by atoms with E-state index in [-0.39, 0.29) is 5.54 Å². The van der Waals surface area contributed by atoms with Crippen molar-refractivity contribution in [3.05, 3.63) is 29.0 Å². The first-order valence-corrected chi connectivity index (χ1v) is 5.66. The first kappa shape index (κ1) is 12.5. The van der Waals surface area contributed by atoms with Crippen molar-refractivity contribution < 1.29 is 0 Å². The fourth-order valence-electron chi connectivity index (χ4n) is 1.27. The largest absolute Gasteiger partial charge is 0.295 e. The highest BCUT2D eigenvalue weighted by Gasteiger charge is 2.21. The third kappa shape index (κ3) is 3.47. The lowest BCUT2D eigenvalue weighted by atomic mass is 10.00. The average Bonchev–Trinajstić information content (AvgIpc) is 2.17. The number of hydrogen-bond acceptors (Lipinski definition) is 2. The van der Waals surface area contributed by atoms with E-state index in [0.29, 0.717) is 5.15 Å². The molecule has 84 valence electrons. The van der Waals surface area contributed by atoms with E-state index >= 15 is 0 Å². The maximum atomic E-state index is 5.85. The highest BCUT2D eigenvalue weighted by atomic mass is 35.5. The van der Waals surface area contributed by atoms with Gasteiger partial charge >= 0.3 is 0 Å². The second kappa shape index (κ2) is 4.95. The lowest BCUT2D eigenvalue weighted by molar-refractivity contribution is 0.141. The summed E-state index contributed by atoms with van der Waals surface area (Å²) in [5.41, 5.74) is 1.22. The summed E-state index contributed by atoms with van der Waals surface area (Å²) >= 11 is 5.85. The highest BCUT2D eigenvalue weighted by molar-refractivity contribution is 6.29. The molecular weight excluding hydrogens is 208 g/mol. The molecule has 0 atom stereocenters. The Labute approximate surface area is 97.3 Å². The lowest BCUT2D eigenvalue weighted by Gasteiger charge is -2.34. The molecule has 0 N–H and O–H groups in total. The van der Waals surface area contributed by atoms with Crippen molar-refractivity contribution in [1.29, 1.82) is 0 Å². The zero-order chi connectivity index (χ0) is 11.5. The Bertz CT molecular complexity index is 323. The van der Waals surface area contributed by atoms with Crippen molar-refractivity contribution in [1.82, 2.24) is 9.88 Å². The van der Waals surface area contributed by atoms with Gasteiger partial charge in [0.2, 0.25) is 0 Å². The van der Waals surface area contributed by atoms with Gasteiger partial charge in [0.25, 0.3) is 0 Å². The molecule has 0 amide bonds. The number of aromatic nitrogens is 1. The quantitative estimate of drug-likeness (QED) is 0.732. The molecule has 1 heterocycles. The smallest absolute Gasteiger partial charge is 0.129 e.